The van der Waals surface area contributed by atoms with Gasteiger partial charge in [0.1, 0.15) is 0 Å². The van der Waals surface area contributed by atoms with E-state index in [1.54, 1.807) is 0 Å². The van der Waals surface area contributed by atoms with Gasteiger partial charge in [-0.25, -0.2) is 0 Å². The van der Waals surface area contributed by atoms with Gasteiger partial charge < -0.3 is 9.80 Å². The van der Waals surface area contributed by atoms with Gasteiger partial charge in [-0.3, -0.25) is 0 Å². The molecule has 0 unspecified atom stereocenters. The molecule has 5 rings (SSSR count). The Balaban J connectivity index is 1.88. The van der Waals surface area contributed by atoms with Gasteiger partial charge in [0.15, 0.2) is 0 Å². The van der Waals surface area contributed by atoms with E-state index in [1.807, 2.05) is 24.3 Å². The van der Waals surface area contributed by atoms with Crippen LogP contribution < -0.4 is 0 Å². The van der Waals surface area contributed by atoms with Crippen LogP contribution in [0.5, 0.6) is 0 Å². The maximum Gasteiger partial charge on any atom is 0.0713 e. The smallest absolute Gasteiger partial charge is 0.0713 e. The fraction of sp³-hybridized carbons (Fsp3) is 0.226. The molecule has 4 aromatic rings. The Morgan fingerprint density at radius 2 is 0.914 bits per heavy atom. The molecule has 0 saturated heterocycles. The number of halogens is 2. The van der Waals surface area contributed by atoms with Crippen molar-refractivity contribution >= 4 is 23.2 Å². The third-order valence-corrected chi connectivity index (χ3v) is 7.32. The molecule has 0 amide bonds. The topological polar surface area (TPSA) is 6.48 Å². The van der Waals surface area contributed by atoms with Crippen molar-refractivity contribution in [2.75, 3.05) is 28.2 Å². The Bertz CT molecular complexity index is 1250. The quantitative estimate of drug-likeness (QED) is 0.238. The summed E-state index contributed by atoms with van der Waals surface area (Å²) in [5, 5.41) is 1.47. The molecule has 2 nitrogen and oxygen atoms in total. The minimum atomic E-state index is -0.468. The highest BCUT2D eigenvalue weighted by atomic mass is 35.5. The largest absolute Gasteiger partial charge is 0.305 e. The number of benzene rings is 4. The van der Waals surface area contributed by atoms with Gasteiger partial charge in [-0.05, 0) is 97.0 Å². The van der Waals surface area contributed by atoms with Crippen LogP contribution in [0.15, 0.2) is 84.9 Å². The van der Waals surface area contributed by atoms with Gasteiger partial charge in [-0.15, -0.1) is 0 Å². The zero-order chi connectivity index (χ0) is 24.7. The van der Waals surface area contributed by atoms with E-state index in [-0.39, 0.29) is 0 Å². The fourth-order valence-electron chi connectivity index (χ4n) is 5.53. The summed E-state index contributed by atoms with van der Waals surface area (Å²) in [6, 6.07) is 30.6. The Morgan fingerprint density at radius 3 is 1.26 bits per heavy atom. The third kappa shape index (κ3) is 4.30. The van der Waals surface area contributed by atoms with Crippen molar-refractivity contribution in [2.45, 2.75) is 18.5 Å². The molecule has 0 aromatic heterocycles. The SMILES string of the molecule is CN(C)Cc1ccc2c(c1)C(c1ccc(Cl)cc1)(c1ccc(Cl)cc1)c1cc(CN(C)C)ccc1-2. The molecule has 0 N–H and O–H groups in total. The van der Waals surface area contributed by atoms with Crippen LogP contribution in [0.4, 0.5) is 0 Å². The number of hydrogen-bond donors (Lipinski definition) is 0. The molecule has 35 heavy (non-hydrogen) atoms. The van der Waals surface area contributed by atoms with Crippen LogP contribution in [0.25, 0.3) is 11.1 Å². The van der Waals surface area contributed by atoms with E-state index in [2.05, 4.69) is 98.7 Å². The lowest BCUT2D eigenvalue weighted by Crippen LogP contribution is -2.29. The number of hydrogen-bond acceptors (Lipinski definition) is 2. The Morgan fingerprint density at radius 1 is 0.543 bits per heavy atom. The molecule has 0 spiro atoms. The van der Waals surface area contributed by atoms with Crippen LogP contribution in [0.1, 0.15) is 33.4 Å². The van der Waals surface area contributed by atoms with Crippen molar-refractivity contribution in [1.82, 2.24) is 9.80 Å². The van der Waals surface area contributed by atoms with Crippen molar-refractivity contribution in [3.63, 3.8) is 0 Å². The van der Waals surface area contributed by atoms with Crippen LogP contribution >= 0.6 is 23.2 Å². The molecule has 4 heteroatoms. The maximum atomic E-state index is 6.37. The van der Waals surface area contributed by atoms with E-state index >= 15 is 0 Å². The molecule has 0 fully saturated rings. The van der Waals surface area contributed by atoms with Crippen LogP contribution in [-0.4, -0.2) is 38.0 Å². The lowest BCUT2D eigenvalue weighted by Gasteiger charge is -2.34. The summed E-state index contributed by atoms with van der Waals surface area (Å²) in [6.45, 7) is 1.76. The van der Waals surface area contributed by atoms with Gasteiger partial charge in [0.05, 0.1) is 5.41 Å². The van der Waals surface area contributed by atoms with E-state index in [9.17, 15) is 0 Å². The van der Waals surface area contributed by atoms with Crippen LogP contribution in [0, 0.1) is 0 Å². The molecule has 0 saturated carbocycles. The van der Waals surface area contributed by atoms with Crippen LogP contribution in [-0.2, 0) is 18.5 Å². The van der Waals surface area contributed by atoms with Gasteiger partial charge >= 0.3 is 0 Å². The zero-order valence-electron chi connectivity index (χ0n) is 20.6. The van der Waals surface area contributed by atoms with E-state index in [4.69, 9.17) is 23.2 Å². The minimum absolute atomic E-state index is 0.468. The van der Waals surface area contributed by atoms with Gasteiger partial charge in [-0.1, -0.05) is 83.9 Å². The second-order valence-corrected chi connectivity index (χ2v) is 10.9. The highest BCUT2D eigenvalue weighted by Crippen LogP contribution is 2.56. The Labute approximate surface area is 218 Å². The first kappa shape index (κ1) is 24.1. The highest BCUT2D eigenvalue weighted by molar-refractivity contribution is 6.30. The first-order chi connectivity index (χ1) is 16.8. The van der Waals surface area contributed by atoms with E-state index in [0.29, 0.717) is 0 Å². The average molecular weight is 502 g/mol. The maximum absolute atomic E-state index is 6.37. The molecular weight excluding hydrogens is 471 g/mol. The summed E-state index contributed by atoms with van der Waals surface area (Å²) in [5.41, 5.74) is 9.70. The zero-order valence-corrected chi connectivity index (χ0v) is 22.2. The summed E-state index contributed by atoms with van der Waals surface area (Å²) in [6.07, 6.45) is 0. The molecule has 0 atom stereocenters. The second-order valence-electron chi connectivity index (χ2n) is 10.00. The molecular formula is C31H30Cl2N2. The molecule has 1 aliphatic rings. The van der Waals surface area contributed by atoms with Gasteiger partial charge in [0, 0.05) is 23.1 Å². The number of fused-ring (bicyclic) bond motifs is 3. The van der Waals surface area contributed by atoms with Crippen molar-refractivity contribution < 1.29 is 0 Å². The van der Waals surface area contributed by atoms with Gasteiger partial charge in [-0.2, -0.15) is 0 Å². The lowest BCUT2D eigenvalue weighted by molar-refractivity contribution is 0.402. The normalized spacial score (nSPS) is 13.8. The first-order valence-corrected chi connectivity index (χ1v) is 12.6. The molecule has 0 radical (unpaired) electrons. The summed E-state index contributed by atoms with van der Waals surface area (Å²) >= 11 is 12.7. The van der Waals surface area contributed by atoms with Gasteiger partial charge in [0.2, 0.25) is 0 Å². The summed E-state index contributed by atoms with van der Waals surface area (Å²) in [7, 11) is 8.45. The van der Waals surface area contributed by atoms with E-state index in [1.165, 1.54) is 44.5 Å². The lowest BCUT2D eigenvalue weighted by atomic mass is 9.67. The van der Waals surface area contributed by atoms with Crippen LogP contribution in [0.2, 0.25) is 10.0 Å². The van der Waals surface area contributed by atoms with Crippen LogP contribution in [0.3, 0.4) is 0 Å². The van der Waals surface area contributed by atoms with Crippen molar-refractivity contribution in [1.29, 1.82) is 0 Å². The Hall–Kier alpha value is -2.62. The molecule has 0 bridgehead atoms. The molecule has 178 valence electrons. The molecule has 0 heterocycles. The van der Waals surface area contributed by atoms with Crippen molar-refractivity contribution in [3.8, 4) is 11.1 Å². The van der Waals surface area contributed by atoms with Crippen molar-refractivity contribution in [2.24, 2.45) is 0 Å². The fourth-order valence-corrected chi connectivity index (χ4v) is 5.79. The standard InChI is InChI=1S/C31H30Cl2N2/c1-34(2)19-21-5-15-27-28-16-6-22(20-35(3)4)18-30(28)31(29(27)17-21,23-7-11-25(32)12-8-23)24-9-13-26(33)14-10-24/h5-18H,19-20H2,1-4H3. The molecule has 4 aromatic carbocycles. The minimum Gasteiger partial charge on any atom is -0.305 e. The van der Waals surface area contributed by atoms with Crippen molar-refractivity contribution in [3.05, 3.63) is 128 Å². The average Bonchev–Trinajstić information content (AvgIpc) is 3.09. The summed E-state index contributed by atoms with van der Waals surface area (Å²) in [5.74, 6) is 0. The summed E-state index contributed by atoms with van der Waals surface area (Å²) in [4.78, 5) is 4.43. The number of rotatable bonds is 6. The molecule has 0 aliphatic heterocycles. The van der Waals surface area contributed by atoms with E-state index in [0.717, 1.165) is 23.1 Å². The molecule has 1 aliphatic carbocycles. The monoisotopic (exact) mass is 500 g/mol. The predicted octanol–water partition coefficient (Wildman–Crippen LogP) is 7.48. The third-order valence-electron chi connectivity index (χ3n) is 6.82. The van der Waals surface area contributed by atoms with E-state index < -0.39 is 5.41 Å². The Kier molecular flexibility index (Phi) is 6.50. The first-order valence-electron chi connectivity index (χ1n) is 11.9. The summed E-state index contributed by atoms with van der Waals surface area (Å²) < 4.78 is 0. The van der Waals surface area contributed by atoms with Gasteiger partial charge in [0.25, 0.3) is 0 Å². The highest BCUT2D eigenvalue weighted by Gasteiger charge is 2.46. The number of nitrogens with zero attached hydrogens (tertiary/aromatic N) is 2. The second kappa shape index (κ2) is 9.44. The predicted molar refractivity (Wildman–Crippen MR) is 149 cm³/mol.